The molecule has 1 aliphatic rings. The predicted octanol–water partition coefficient (Wildman–Crippen LogP) is 2.86. The van der Waals surface area contributed by atoms with E-state index in [-0.39, 0.29) is 12.1 Å². The summed E-state index contributed by atoms with van der Waals surface area (Å²) in [5, 5.41) is 0.723. The first-order chi connectivity index (χ1) is 10.7. The average Bonchev–Trinajstić information content (AvgIpc) is 2.90. The summed E-state index contributed by atoms with van der Waals surface area (Å²) in [6.45, 7) is 0. The fourth-order valence-electron chi connectivity index (χ4n) is 3.09. The van der Waals surface area contributed by atoms with Crippen molar-refractivity contribution >= 4 is 22.7 Å². The number of hydrogen-bond donors (Lipinski definition) is 2. The maximum absolute atomic E-state index is 6.23. The van der Waals surface area contributed by atoms with Gasteiger partial charge in [-0.3, -0.25) is 0 Å². The minimum atomic E-state index is 0.0405. The van der Waals surface area contributed by atoms with Gasteiger partial charge in [0.05, 0.1) is 10.9 Å². The highest BCUT2D eigenvalue weighted by Crippen LogP contribution is 2.38. The number of hydrogen-bond acceptors (Lipinski definition) is 5. The van der Waals surface area contributed by atoms with Crippen molar-refractivity contribution in [2.75, 3.05) is 11.5 Å². The molecule has 1 unspecified atom stereocenters. The van der Waals surface area contributed by atoms with Gasteiger partial charge in [-0.25, -0.2) is 4.98 Å². The summed E-state index contributed by atoms with van der Waals surface area (Å²) >= 11 is 0. The van der Waals surface area contributed by atoms with Crippen LogP contribution in [0.3, 0.4) is 0 Å². The molecule has 0 aliphatic heterocycles. The molecule has 1 aliphatic carbocycles. The number of nitrogens with zero attached hydrogens (tertiary/aromatic N) is 2. The Bertz CT molecular complexity index is 862. The lowest BCUT2D eigenvalue weighted by atomic mass is 10.1. The number of nitrogens with two attached hydrogens (primary N) is 2. The largest absolute Gasteiger partial charge is 0.485 e. The van der Waals surface area contributed by atoms with Crippen molar-refractivity contribution in [3.63, 3.8) is 0 Å². The van der Waals surface area contributed by atoms with Gasteiger partial charge in [0, 0.05) is 0 Å². The first-order valence-electron chi connectivity index (χ1n) is 7.28. The molecule has 110 valence electrons. The summed E-state index contributed by atoms with van der Waals surface area (Å²) in [4.78, 5) is 8.27. The molecule has 2 aromatic carbocycles. The molecule has 1 atom stereocenters. The standard InChI is InChI=1S/C17H16N4O/c18-16-15-12(20-17(19)21-16)6-3-7-14(15)22-13-9-8-10-4-1-2-5-11(10)13/h1-7,13H,8-9H2,(H4,18,19,20,21). The molecule has 4 rings (SSSR count). The zero-order valence-corrected chi connectivity index (χ0v) is 12.0. The highest BCUT2D eigenvalue weighted by molar-refractivity contribution is 5.94. The van der Waals surface area contributed by atoms with Gasteiger partial charge in [-0.15, -0.1) is 0 Å². The van der Waals surface area contributed by atoms with E-state index in [1.165, 1.54) is 11.1 Å². The molecule has 5 nitrogen and oxygen atoms in total. The highest BCUT2D eigenvalue weighted by Gasteiger charge is 2.24. The maximum Gasteiger partial charge on any atom is 0.222 e. The Morgan fingerprint density at radius 3 is 2.77 bits per heavy atom. The average molecular weight is 292 g/mol. The van der Waals surface area contributed by atoms with Gasteiger partial charge in [0.1, 0.15) is 17.7 Å². The van der Waals surface area contributed by atoms with E-state index in [2.05, 4.69) is 28.2 Å². The van der Waals surface area contributed by atoms with E-state index in [1.807, 2.05) is 24.3 Å². The summed E-state index contributed by atoms with van der Waals surface area (Å²) in [6.07, 6.45) is 2.04. The van der Waals surface area contributed by atoms with Crippen molar-refractivity contribution in [1.29, 1.82) is 0 Å². The van der Waals surface area contributed by atoms with E-state index >= 15 is 0 Å². The second-order valence-corrected chi connectivity index (χ2v) is 5.46. The van der Waals surface area contributed by atoms with Crippen molar-refractivity contribution < 1.29 is 4.74 Å². The van der Waals surface area contributed by atoms with Gasteiger partial charge in [0.2, 0.25) is 5.95 Å². The van der Waals surface area contributed by atoms with E-state index in [0.717, 1.165) is 18.2 Å². The number of aromatic nitrogens is 2. The summed E-state index contributed by atoms with van der Waals surface area (Å²) in [7, 11) is 0. The molecule has 0 fully saturated rings. The van der Waals surface area contributed by atoms with Crippen molar-refractivity contribution in [3.05, 3.63) is 53.6 Å². The molecule has 4 N–H and O–H groups in total. The molecular formula is C17H16N4O. The minimum absolute atomic E-state index is 0.0405. The molecule has 0 spiro atoms. The smallest absolute Gasteiger partial charge is 0.222 e. The topological polar surface area (TPSA) is 87.0 Å². The van der Waals surface area contributed by atoms with Crippen LogP contribution in [0.25, 0.3) is 10.9 Å². The van der Waals surface area contributed by atoms with Crippen LogP contribution in [0.15, 0.2) is 42.5 Å². The van der Waals surface area contributed by atoms with Crippen LogP contribution in [0.2, 0.25) is 0 Å². The highest BCUT2D eigenvalue weighted by atomic mass is 16.5. The van der Waals surface area contributed by atoms with Gasteiger partial charge >= 0.3 is 0 Å². The van der Waals surface area contributed by atoms with E-state index in [1.54, 1.807) is 0 Å². The second-order valence-electron chi connectivity index (χ2n) is 5.46. The van der Waals surface area contributed by atoms with E-state index in [9.17, 15) is 0 Å². The molecule has 0 saturated heterocycles. The molecule has 1 heterocycles. The van der Waals surface area contributed by atoms with Crippen LogP contribution < -0.4 is 16.2 Å². The first kappa shape index (κ1) is 12.9. The molecule has 22 heavy (non-hydrogen) atoms. The normalized spacial score (nSPS) is 16.6. The van der Waals surface area contributed by atoms with Crippen molar-refractivity contribution in [3.8, 4) is 5.75 Å². The lowest BCUT2D eigenvalue weighted by Crippen LogP contribution is -2.06. The summed E-state index contributed by atoms with van der Waals surface area (Å²) in [5.74, 6) is 1.23. The van der Waals surface area contributed by atoms with Crippen molar-refractivity contribution in [1.82, 2.24) is 9.97 Å². The Morgan fingerprint density at radius 1 is 1.00 bits per heavy atom. The molecule has 1 aromatic heterocycles. The maximum atomic E-state index is 6.23. The Labute approximate surface area is 127 Å². The van der Waals surface area contributed by atoms with Crippen LogP contribution in [-0.4, -0.2) is 9.97 Å². The number of rotatable bonds is 2. The lowest BCUT2D eigenvalue weighted by molar-refractivity contribution is 0.210. The molecule has 3 aromatic rings. The predicted molar refractivity (Wildman–Crippen MR) is 86.5 cm³/mol. The second kappa shape index (κ2) is 4.87. The number of nitrogen functional groups attached to an aromatic ring is 2. The quantitative estimate of drug-likeness (QED) is 0.758. The van der Waals surface area contributed by atoms with Crippen LogP contribution >= 0.6 is 0 Å². The zero-order valence-electron chi connectivity index (χ0n) is 12.0. The van der Waals surface area contributed by atoms with Crippen molar-refractivity contribution in [2.24, 2.45) is 0 Å². The van der Waals surface area contributed by atoms with Gasteiger partial charge in [-0.1, -0.05) is 30.3 Å². The number of anilines is 2. The van der Waals surface area contributed by atoms with Crippen molar-refractivity contribution in [2.45, 2.75) is 18.9 Å². The third kappa shape index (κ3) is 2.02. The summed E-state index contributed by atoms with van der Waals surface area (Å²) in [6, 6.07) is 14.0. The van der Waals surface area contributed by atoms with Gasteiger partial charge in [-0.05, 0) is 36.1 Å². The SMILES string of the molecule is Nc1nc(N)c2c(OC3CCc4ccccc43)cccc2n1. The van der Waals surface area contributed by atoms with Crippen LogP contribution in [0.4, 0.5) is 11.8 Å². The zero-order chi connectivity index (χ0) is 15.1. The Balaban J connectivity index is 1.77. The number of aryl methyl sites for hydroxylation is 1. The van der Waals surface area contributed by atoms with Gasteiger partial charge in [-0.2, -0.15) is 4.98 Å². The lowest BCUT2D eigenvalue weighted by Gasteiger charge is -2.17. The minimum Gasteiger partial charge on any atom is -0.485 e. The molecule has 0 saturated carbocycles. The molecular weight excluding hydrogens is 276 g/mol. The molecule has 5 heteroatoms. The number of ether oxygens (including phenoxy) is 1. The Hall–Kier alpha value is -2.82. The van der Waals surface area contributed by atoms with Crippen LogP contribution in [0.5, 0.6) is 5.75 Å². The molecule has 0 radical (unpaired) electrons. The van der Waals surface area contributed by atoms with Gasteiger partial charge in [0.15, 0.2) is 0 Å². The fourth-order valence-corrected chi connectivity index (χ4v) is 3.09. The number of benzene rings is 2. The molecule has 0 amide bonds. The monoisotopic (exact) mass is 292 g/mol. The number of fused-ring (bicyclic) bond motifs is 2. The Kier molecular flexibility index (Phi) is 2.85. The van der Waals surface area contributed by atoms with Crippen LogP contribution in [-0.2, 0) is 6.42 Å². The van der Waals surface area contributed by atoms with Gasteiger partial charge < -0.3 is 16.2 Å². The fraction of sp³-hybridized carbons (Fsp3) is 0.176. The molecule has 0 bridgehead atoms. The van der Waals surface area contributed by atoms with Crippen LogP contribution in [0.1, 0.15) is 23.7 Å². The van der Waals surface area contributed by atoms with Crippen LogP contribution in [0, 0.1) is 0 Å². The summed E-state index contributed by atoms with van der Waals surface area (Å²) < 4.78 is 6.23. The van der Waals surface area contributed by atoms with E-state index in [0.29, 0.717) is 17.1 Å². The van der Waals surface area contributed by atoms with E-state index < -0.39 is 0 Å². The third-order valence-corrected chi connectivity index (χ3v) is 4.08. The first-order valence-corrected chi connectivity index (χ1v) is 7.28. The Morgan fingerprint density at radius 2 is 1.86 bits per heavy atom. The van der Waals surface area contributed by atoms with Gasteiger partial charge in [0.25, 0.3) is 0 Å². The third-order valence-electron chi connectivity index (χ3n) is 4.08. The van der Waals surface area contributed by atoms with E-state index in [4.69, 9.17) is 16.2 Å². The summed E-state index contributed by atoms with van der Waals surface area (Å²) in [5.41, 5.74) is 15.0.